The Morgan fingerprint density at radius 3 is 2.70 bits per heavy atom. The van der Waals surface area contributed by atoms with E-state index >= 15 is 0 Å². The fraction of sp³-hybridized carbons (Fsp3) is 0. The van der Waals surface area contributed by atoms with Crippen LogP contribution in [0.3, 0.4) is 0 Å². The van der Waals surface area contributed by atoms with Crippen molar-refractivity contribution in [1.82, 2.24) is 4.98 Å². The van der Waals surface area contributed by atoms with Gasteiger partial charge in [0.15, 0.2) is 17.3 Å². The van der Waals surface area contributed by atoms with E-state index in [-0.39, 0.29) is 11.3 Å². The molecule has 0 aliphatic rings. The fourth-order valence-electron chi connectivity index (χ4n) is 1.41. The molecular formula is C12H5F2N3O3. The molecule has 2 aromatic rings. The number of rotatable bonds is 3. The van der Waals surface area contributed by atoms with Gasteiger partial charge in [0.25, 0.3) is 0 Å². The van der Waals surface area contributed by atoms with E-state index in [1.165, 1.54) is 12.3 Å². The molecule has 1 heterocycles. The van der Waals surface area contributed by atoms with Crippen LogP contribution in [0.25, 0.3) is 0 Å². The van der Waals surface area contributed by atoms with Gasteiger partial charge in [-0.25, -0.2) is 4.39 Å². The molecular weight excluding hydrogens is 272 g/mol. The van der Waals surface area contributed by atoms with Crippen LogP contribution in [0.4, 0.5) is 14.5 Å². The van der Waals surface area contributed by atoms with Crippen molar-refractivity contribution in [2.45, 2.75) is 0 Å². The number of benzene rings is 1. The van der Waals surface area contributed by atoms with Crippen LogP contribution in [0.15, 0.2) is 30.6 Å². The normalized spacial score (nSPS) is 9.85. The summed E-state index contributed by atoms with van der Waals surface area (Å²) in [6.07, 6.45) is 2.48. The van der Waals surface area contributed by atoms with Crippen molar-refractivity contribution < 1.29 is 18.4 Å². The fourth-order valence-corrected chi connectivity index (χ4v) is 1.41. The van der Waals surface area contributed by atoms with Crippen LogP contribution < -0.4 is 4.74 Å². The van der Waals surface area contributed by atoms with Crippen molar-refractivity contribution in [3.63, 3.8) is 0 Å². The largest absolute Gasteiger partial charge is 0.451 e. The van der Waals surface area contributed by atoms with Crippen LogP contribution in [0.5, 0.6) is 11.5 Å². The van der Waals surface area contributed by atoms with Gasteiger partial charge in [-0.3, -0.25) is 15.1 Å². The Morgan fingerprint density at radius 1 is 1.30 bits per heavy atom. The van der Waals surface area contributed by atoms with E-state index in [9.17, 15) is 18.9 Å². The maximum Gasteiger partial charge on any atom is 0.307 e. The first-order valence-corrected chi connectivity index (χ1v) is 5.18. The average molecular weight is 277 g/mol. The third kappa shape index (κ3) is 2.51. The highest BCUT2D eigenvalue weighted by molar-refractivity contribution is 5.45. The summed E-state index contributed by atoms with van der Waals surface area (Å²) in [5.74, 6) is -3.01. The summed E-state index contributed by atoms with van der Waals surface area (Å²) in [5.41, 5.74) is -0.931. The van der Waals surface area contributed by atoms with Gasteiger partial charge in [0.1, 0.15) is 6.07 Å². The van der Waals surface area contributed by atoms with E-state index in [4.69, 9.17) is 10.00 Å². The zero-order valence-electron chi connectivity index (χ0n) is 9.71. The first-order chi connectivity index (χ1) is 9.52. The zero-order valence-corrected chi connectivity index (χ0v) is 9.71. The van der Waals surface area contributed by atoms with Gasteiger partial charge in [-0.2, -0.15) is 9.65 Å². The van der Waals surface area contributed by atoms with Crippen molar-refractivity contribution in [2.24, 2.45) is 0 Å². The van der Waals surface area contributed by atoms with E-state index in [1.54, 1.807) is 6.07 Å². The van der Waals surface area contributed by atoms with Gasteiger partial charge in [-0.1, -0.05) is 0 Å². The molecule has 0 unspecified atom stereocenters. The van der Waals surface area contributed by atoms with Gasteiger partial charge in [0, 0.05) is 12.3 Å². The lowest BCUT2D eigenvalue weighted by Crippen LogP contribution is -1.97. The van der Waals surface area contributed by atoms with E-state index in [1.807, 2.05) is 0 Å². The van der Waals surface area contributed by atoms with Gasteiger partial charge in [0.05, 0.1) is 22.7 Å². The van der Waals surface area contributed by atoms with Gasteiger partial charge in [-0.15, -0.1) is 0 Å². The summed E-state index contributed by atoms with van der Waals surface area (Å²) in [6.45, 7) is 0. The van der Waals surface area contributed by atoms with Gasteiger partial charge in [0.2, 0.25) is 5.82 Å². The zero-order chi connectivity index (χ0) is 14.7. The lowest BCUT2D eigenvalue weighted by molar-refractivity contribution is -0.387. The molecule has 0 aliphatic carbocycles. The summed E-state index contributed by atoms with van der Waals surface area (Å²) in [7, 11) is 0. The van der Waals surface area contributed by atoms with E-state index < -0.39 is 28.0 Å². The second kappa shape index (κ2) is 5.27. The van der Waals surface area contributed by atoms with Gasteiger partial charge < -0.3 is 4.74 Å². The van der Waals surface area contributed by atoms with Crippen molar-refractivity contribution in [1.29, 1.82) is 5.26 Å². The Kier molecular flexibility index (Phi) is 3.52. The number of aromatic nitrogens is 1. The number of nitriles is 1. The lowest BCUT2D eigenvalue weighted by Gasteiger charge is -2.07. The SMILES string of the molecule is N#Cc1ccncc1Oc1cc(F)c([N+](=O)[O-])cc1F. The highest BCUT2D eigenvalue weighted by Crippen LogP contribution is 2.30. The second-order valence-electron chi connectivity index (χ2n) is 3.58. The molecule has 8 heteroatoms. The van der Waals surface area contributed by atoms with Crippen molar-refractivity contribution in [3.05, 3.63) is 57.9 Å². The predicted molar refractivity (Wildman–Crippen MR) is 62.0 cm³/mol. The molecule has 0 bridgehead atoms. The van der Waals surface area contributed by atoms with Crippen LogP contribution in [-0.4, -0.2) is 9.91 Å². The van der Waals surface area contributed by atoms with Gasteiger partial charge >= 0.3 is 5.69 Å². The minimum Gasteiger partial charge on any atom is -0.451 e. The molecule has 2 rings (SSSR count). The maximum atomic E-state index is 13.6. The Balaban J connectivity index is 2.43. The van der Waals surface area contributed by atoms with E-state index in [0.717, 1.165) is 6.20 Å². The molecule has 0 amide bonds. The summed E-state index contributed by atoms with van der Waals surface area (Å²) < 4.78 is 32.0. The Hall–Kier alpha value is -3.08. The lowest BCUT2D eigenvalue weighted by atomic mass is 10.2. The molecule has 100 valence electrons. The Morgan fingerprint density at radius 2 is 2.05 bits per heavy atom. The smallest absolute Gasteiger partial charge is 0.307 e. The molecule has 0 radical (unpaired) electrons. The first-order valence-electron chi connectivity index (χ1n) is 5.18. The molecule has 6 nitrogen and oxygen atoms in total. The maximum absolute atomic E-state index is 13.6. The topological polar surface area (TPSA) is 89.0 Å². The van der Waals surface area contributed by atoms with Crippen molar-refractivity contribution in [3.8, 4) is 17.6 Å². The van der Waals surface area contributed by atoms with Crippen LogP contribution in [-0.2, 0) is 0 Å². The Labute approximate surface area is 111 Å². The monoisotopic (exact) mass is 277 g/mol. The standard InChI is InChI=1S/C12H5F2N3O3/c13-8-4-11(9(14)3-10(8)17(18)19)20-12-6-16-2-1-7(12)5-15/h1-4,6H. The molecule has 0 aliphatic heterocycles. The molecule has 0 spiro atoms. The minimum atomic E-state index is -1.24. The summed E-state index contributed by atoms with van der Waals surface area (Å²) in [4.78, 5) is 13.1. The summed E-state index contributed by atoms with van der Waals surface area (Å²) in [5, 5.41) is 19.3. The van der Waals surface area contributed by atoms with Crippen molar-refractivity contribution in [2.75, 3.05) is 0 Å². The average Bonchev–Trinajstić information content (AvgIpc) is 2.42. The van der Waals surface area contributed by atoms with Crippen LogP contribution in [0.2, 0.25) is 0 Å². The first kappa shape index (κ1) is 13.4. The molecule has 0 atom stereocenters. The van der Waals surface area contributed by atoms with Crippen LogP contribution in [0.1, 0.15) is 5.56 Å². The number of nitro groups is 1. The number of nitrogens with zero attached hydrogens (tertiary/aromatic N) is 3. The third-order valence-corrected chi connectivity index (χ3v) is 2.32. The number of pyridine rings is 1. The quantitative estimate of drug-likeness (QED) is 0.635. The number of nitro benzene ring substituents is 1. The molecule has 1 aromatic carbocycles. The number of hydrogen-bond acceptors (Lipinski definition) is 5. The number of hydrogen-bond donors (Lipinski definition) is 0. The highest BCUT2D eigenvalue weighted by Gasteiger charge is 2.20. The molecule has 20 heavy (non-hydrogen) atoms. The predicted octanol–water partition coefficient (Wildman–Crippen LogP) is 2.93. The van der Waals surface area contributed by atoms with Crippen molar-refractivity contribution >= 4 is 5.69 Å². The third-order valence-electron chi connectivity index (χ3n) is 2.32. The molecule has 0 saturated heterocycles. The van der Waals surface area contributed by atoms with Crippen LogP contribution in [0, 0.1) is 33.1 Å². The molecule has 0 N–H and O–H groups in total. The summed E-state index contributed by atoms with van der Waals surface area (Å²) in [6, 6.07) is 4.07. The second-order valence-corrected chi connectivity index (χ2v) is 3.58. The number of ether oxygens (including phenoxy) is 1. The summed E-state index contributed by atoms with van der Waals surface area (Å²) >= 11 is 0. The van der Waals surface area contributed by atoms with Gasteiger partial charge in [-0.05, 0) is 6.07 Å². The minimum absolute atomic E-state index is 0.0677. The van der Waals surface area contributed by atoms with E-state index in [2.05, 4.69) is 4.98 Å². The van der Waals surface area contributed by atoms with Crippen LogP contribution >= 0.6 is 0 Å². The molecule has 0 fully saturated rings. The molecule has 0 saturated carbocycles. The van der Waals surface area contributed by atoms with E-state index in [0.29, 0.717) is 12.1 Å². The number of halogens is 2. The highest BCUT2D eigenvalue weighted by atomic mass is 19.1. The Bertz CT molecular complexity index is 728. The molecule has 1 aromatic heterocycles.